The van der Waals surface area contributed by atoms with Crippen LogP contribution in [0.1, 0.15) is 107 Å². The maximum Gasteiger partial charge on any atom is 0.122 e. The lowest BCUT2D eigenvalue weighted by Crippen LogP contribution is -2.21. The van der Waals surface area contributed by atoms with Crippen LogP contribution in [0.5, 0.6) is 11.5 Å². The number of phenols is 2. The first-order valence-corrected chi connectivity index (χ1v) is 11.7. The van der Waals surface area contributed by atoms with E-state index < -0.39 is 0 Å². The molecule has 0 aliphatic heterocycles. The molecule has 30 heavy (non-hydrogen) atoms. The van der Waals surface area contributed by atoms with Crippen LogP contribution in [0.3, 0.4) is 0 Å². The van der Waals surface area contributed by atoms with Gasteiger partial charge in [0.2, 0.25) is 0 Å². The predicted molar refractivity (Wildman–Crippen MR) is 129 cm³/mol. The Morgan fingerprint density at radius 1 is 0.667 bits per heavy atom. The molecule has 1 atom stereocenters. The molecule has 0 fully saturated rings. The molecule has 0 heterocycles. The highest BCUT2D eigenvalue weighted by molar-refractivity contribution is 5.53. The van der Waals surface area contributed by atoms with E-state index in [0.717, 1.165) is 65.5 Å². The fraction of sp³-hybridized carbons (Fsp3) is 0.571. The van der Waals surface area contributed by atoms with E-state index in [9.17, 15) is 10.2 Å². The summed E-state index contributed by atoms with van der Waals surface area (Å²) in [6, 6.07) is 8.41. The average molecular weight is 411 g/mol. The molecule has 0 bridgehead atoms. The van der Waals surface area contributed by atoms with Crippen LogP contribution in [-0.2, 0) is 17.3 Å². The number of aromatic hydroxyl groups is 2. The largest absolute Gasteiger partial charge is 0.507 e. The molecule has 0 saturated heterocycles. The van der Waals surface area contributed by atoms with Crippen molar-refractivity contribution in [3.05, 3.63) is 57.6 Å². The molecule has 0 radical (unpaired) electrons. The first-order chi connectivity index (χ1) is 14.0. The molecule has 0 amide bonds. The highest BCUT2D eigenvalue weighted by atomic mass is 16.3. The maximum absolute atomic E-state index is 11.3. The van der Waals surface area contributed by atoms with Gasteiger partial charge in [0.15, 0.2) is 0 Å². The van der Waals surface area contributed by atoms with Gasteiger partial charge in [-0.05, 0) is 61.5 Å². The number of phenolic OH excluding ortho intramolecular Hbond substituents is 2. The van der Waals surface area contributed by atoms with Gasteiger partial charge in [0.1, 0.15) is 11.5 Å². The molecule has 0 aliphatic carbocycles. The van der Waals surface area contributed by atoms with Gasteiger partial charge in [0.05, 0.1) is 0 Å². The first-order valence-electron chi connectivity index (χ1n) is 11.7. The molecular formula is C28H42O2. The number of benzene rings is 2. The minimum atomic E-state index is -0.0490. The third kappa shape index (κ3) is 4.68. The Labute approximate surface area is 184 Å². The van der Waals surface area contributed by atoms with Gasteiger partial charge in [-0.25, -0.2) is 0 Å². The second-order valence-corrected chi connectivity index (χ2v) is 9.75. The second kappa shape index (κ2) is 9.45. The Kier molecular flexibility index (Phi) is 7.66. The van der Waals surface area contributed by atoms with Crippen molar-refractivity contribution in [2.24, 2.45) is 0 Å². The normalized spacial score (nSPS) is 14.0. The van der Waals surface area contributed by atoms with E-state index in [1.165, 1.54) is 0 Å². The second-order valence-electron chi connectivity index (χ2n) is 9.75. The Balaban J connectivity index is 2.60. The molecule has 0 saturated carbocycles. The van der Waals surface area contributed by atoms with Gasteiger partial charge >= 0.3 is 0 Å². The van der Waals surface area contributed by atoms with Crippen LogP contribution in [0.15, 0.2) is 24.3 Å². The van der Waals surface area contributed by atoms with Gasteiger partial charge in [-0.3, -0.25) is 0 Å². The highest BCUT2D eigenvalue weighted by Crippen LogP contribution is 2.43. The van der Waals surface area contributed by atoms with E-state index in [4.69, 9.17) is 0 Å². The maximum atomic E-state index is 11.3. The summed E-state index contributed by atoms with van der Waals surface area (Å²) in [7, 11) is 0. The summed E-state index contributed by atoms with van der Waals surface area (Å²) in [6.45, 7) is 17.4. The van der Waals surface area contributed by atoms with Crippen LogP contribution in [0.2, 0.25) is 0 Å². The molecule has 0 spiro atoms. The van der Waals surface area contributed by atoms with E-state index >= 15 is 0 Å². The lowest BCUT2D eigenvalue weighted by molar-refractivity contribution is 0.380. The lowest BCUT2D eigenvalue weighted by atomic mass is 9.74. The Morgan fingerprint density at radius 3 is 1.43 bits per heavy atom. The van der Waals surface area contributed by atoms with Gasteiger partial charge in [0.25, 0.3) is 0 Å². The van der Waals surface area contributed by atoms with Crippen molar-refractivity contribution in [1.29, 1.82) is 0 Å². The molecule has 2 aromatic carbocycles. The lowest BCUT2D eigenvalue weighted by Gasteiger charge is -2.31. The summed E-state index contributed by atoms with van der Waals surface area (Å²) >= 11 is 0. The van der Waals surface area contributed by atoms with Gasteiger partial charge in [-0.2, -0.15) is 0 Å². The number of hydrogen-bond acceptors (Lipinski definition) is 2. The first kappa shape index (κ1) is 24.3. The van der Waals surface area contributed by atoms with Crippen molar-refractivity contribution < 1.29 is 10.2 Å². The van der Waals surface area contributed by atoms with Crippen molar-refractivity contribution in [2.45, 2.75) is 105 Å². The van der Waals surface area contributed by atoms with Crippen molar-refractivity contribution in [3.63, 3.8) is 0 Å². The SMILES string of the molecule is CCCC(C)(CC)c1cc(C)cc(Cc2cc(C)cc(C(C)(CC)CC)c2O)c1O. The van der Waals surface area contributed by atoms with Crippen LogP contribution in [0, 0.1) is 13.8 Å². The van der Waals surface area contributed by atoms with Crippen molar-refractivity contribution in [2.75, 3.05) is 0 Å². The van der Waals surface area contributed by atoms with Crippen LogP contribution >= 0.6 is 0 Å². The molecular weight excluding hydrogens is 368 g/mol. The van der Waals surface area contributed by atoms with Crippen molar-refractivity contribution >= 4 is 0 Å². The van der Waals surface area contributed by atoms with Crippen LogP contribution in [0.25, 0.3) is 0 Å². The zero-order valence-corrected chi connectivity index (χ0v) is 20.4. The quantitative estimate of drug-likeness (QED) is 0.442. The van der Waals surface area contributed by atoms with Crippen LogP contribution < -0.4 is 0 Å². The monoisotopic (exact) mass is 410 g/mol. The molecule has 2 N–H and O–H groups in total. The molecule has 2 heteroatoms. The molecule has 2 aromatic rings. The summed E-state index contributed by atoms with van der Waals surface area (Å²) in [5, 5.41) is 22.5. The van der Waals surface area contributed by atoms with E-state index in [0.29, 0.717) is 17.9 Å². The van der Waals surface area contributed by atoms with E-state index in [-0.39, 0.29) is 10.8 Å². The van der Waals surface area contributed by atoms with Crippen molar-refractivity contribution in [3.8, 4) is 11.5 Å². The Bertz CT molecular complexity index is 877. The van der Waals surface area contributed by atoms with Gasteiger partial charge in [-0.1, -0.05) is 83.4 Å². The van der Waals surface area contributed by atoms with Crippen LogP contribution in [-0.4, -0.2) is 10.2 Å². The zero-order valence-electron chi connectivity index (χ0n) is 20.4. The smallest absolute Gasteiger partial charge is 0.122 e. The van der Waals surface area contributed by atoms with Gasteiger partial charge in [0, 0.05) is 17.5 Å². The fourth-order valence-corrected chi connectivity index (χ4v) is 4.79. The number of rotatable bonds is 9. The summed E-state index contributed by atoms with van der Waals surface area (Å²) in [6.07, 6.45) is 5.61. The summed E-state index contributed by atoms with van der Waals surface area (Å²) in [5.41, 5.74) is 6.10. The predicted octanol–water partition coefficient (Wildman–Crippen LogP) is 7.85. The average Bonchev–Trinajstić information content (AvgIpc) is 2.72. The third-order valence-electron chi connectivity index (χ3n) is 7.49. The summed E-state index contributed by atoms with van der Waals surface area (Å²) < 4.78 is 0. The molecule has 2 nitrogen and oxygen atoms in total. The molecule has 166 valence electrons. The fourth-order valence-electron chi connectivity index (χ4n) is 4.79. The Hall–Kier alpha value is -1.96. The molecule has 0 aromatic heterocycles. The standard InChI is InChI=1S/C28H42O2/c1-9-13-28(8,12-4)24-17-20(6)15-22(26(24)30)18-21-14-19(5)16-23(25(21)29)27(7,10-2)11-3/h14-17,29-30H,9-13,18H2,1-8H3. The topological polar surface area (TPSA) is 40.5 Å². The van der Waals surface area contributed by atoms with Gasteiger partial charge in [-0.15, -0.1) is 0 Å². The van der Waals surface area contributed by atoms with Crippen molar-refractivity contribution in [1.82, 2.24) is 0 Å². The number of hydrogen-bond donors (Lipinski definition) is 2. The zero-order chi connectivity index (χ0) is 22.7. The summed E-state index contributed by atoms with van der Waals surface area (Å²) in [5.74, 6) is 0.788. The van der Waals surface area contributed by atoms with E-state index in [2.05, 4.69) is 79.7 Å². The highest BCUT2D eigenvalue weighted by Gasteiger charge is 2.30. The molecule has 1 unspecified atom stereocenters. The minimum Gasteiger partial charge on any atom is -0.507 e. The minimum absolute atomic E-state index is 0.0393. The number of aryl methyl sites for hydroxylation is 2. The van der Waals surface area contributed by atoms with E-state index in [1.54, 1.807) is 0 Å². The molecule has 2 rings (SSSR count). The van der Waals surface area contributed by atoms with E-state index in [1.807, 2.05) is 0 Å². The van der Waals surface area contributed by atoms with Gasteiger partial charge < -0.3 is 10.2 Å². The molecule has 0 aliphatic rings. The third-order valence-corrected chi connectivity index (χ3v) is 7.49. The summed E-state index contributed by atoms with van der Waals surface area (Å²) in [4.78, 5) is 0. The Morgan fingerprint density at radius 2 is 1.07 bits per heavy atom. The van der Waals surface area contributed by atoms with Crippen LogP contribution in [0.4, 0.5) is 0 Å².